The Bertz CT molecular complexity index is 3220. The van der Waals surface area contributed by atoms with Crippen LogP contribution >= 0.6 is 0 Å². The molecule has 9 aromatic rings. The summed E-state index contributed by atoms with van der Waals surface area (Å²) >= 11 is 0. The normalized spacial score (nSPS) is 11.9. The zero-order valence-electron chi connectivity index (χ0n) is 36.1. The van der Waals surface area contributed by atoms with Crippen LogP contribution in [0.4, 0.5) is 0 Å². The Balaban J connectivity index is 1.65. The predicted molar refractivity (Wildman–Crippen MR) is 297 cm³/mol. The van der Waals surface area contributed by atoms with E-state index in [-0.39, 0.29) is 0 Å². The molecule has 0 N–H and O–H groups in total. The molecule has 0 fully saturated rings. The number of hydrogen-bond donors (Lipinski definition) is 0. The summed E-state index contributed by atoms with van der Waals surface area (Å²) in [4.78, 5) is 0. The highest BCUT2D eigenvalue weighted by atomic mass is 16.3. The van der Waals surface area contributed by atoms with Crippen molar-refractivity contribution in [2.45, 2.75) is 0 Å². The van der Waals surface area contributed by atoms with Crippen molar-refractivity contribution < 1.29 is 4.42 Å². The van der Waals surface area contributed by atoms with E-state index >= 15 is 0 Å². The first kappa shape index (κ1) is 37.2. The van der Waals surface area contributed by atoms with E-state index < -0.39 is 0 Å². The van der Waals surface area contributed by atoms with Crippen molar-refractivity contribution in [1.82, 2.24) is 0 Å². The molecule has 1 heterocycles. The number of rotatable bonds is 2. The van der Waals surface area contributed by atoms with E-state index in [9.17, 15) is 0 Å². The Hall–Kier alpha value is -4.43. The highest BCUT2D eigenvalue weighted by Crippen LogP contribution is 2.45. The second-order valence-electron chi connectivity index (χ2n) is 17.2. The number of fused-ring (bicyclic) bond motifs is 7. The second kappa shape index (κ2) is 12.8. The summed E-state index contributed by atoms with van der Waals surface area (Å²) in [5.41, 5.74) is 28.0. The maximum Gasteiger partial charge on any atom is 0.139 e. The van der Waals surface area contributed by atoms with E-state index in [0.29, 0.717) is 0 Å². The molecule has 0 spiro atoms. The van der Waals surface area contributed by atoms with Gasteiger partial charge < -0.3 is 4.42 Å². The smallest absolute Gasteiger partial charge is 0.139 e. The highest BCUT2D eigenvalue weighted by Gasteiger charge is 2.29. The average molecular weight is 698 g/mol. The van der Waals surface area contributed by atoms with Gasteiger partial charge in [-0.3, -0.25) is 0 Å². The van der Waals surface area contributed by atoms with Gasteiger partial charge in [0.25, 0.3) is 0 Å². The molecule has 0 radical (unpaired) electrons. The van der Waals surface area contributed by atoms with Crippen LogP contribution in [-0.4, -0.2) is 118 Å². The maximum atomic E-state index is 6.77. The van der Waals surface area contributed by atoms with Crippen molar-refractivity contribution in [1.29, 1.82) is 0 Å². The molecular weight excluding hydrogens is 659 g/mol. The molecule has 0 aliphatic carbocycles. The van der Waals surface area contributed by atoms with Crippen LogP contribution in [0.1, 0.15) is 0 Å². The quantitative estimate of drug-likeness (QED) is 0.129. The average Bonchev–Trinajstić information content (AvgIpc) is 3.56. The van der Waals surface area contributed by atoms with E-state index in [0.717, 1.165) is 11.2 Å². The third-order valence-corrected chi connectivity index (χ3v) is 15.1. The van der Waals surface area contributed by atoms with Gasteiger partial charge in [-0.15, -0.1) is 38.2 Å². The fraction of sp³-hybridized carbons (Fsp3) is 0. The Kier molecular flexibility index (Phi) is 8.49. The van der Waals surface area contributed by atoms with Crippen LogP contribution in [0.2, 0.25) is 0 Å². The lowest BCUT2D eigenvalue weighted by Gasteiger charge is -2.31. The minimum absolute atomic E-state index is 0.933. The van der Waals surface area contributed by atoms with E-state index in [2.05, 4.69) is 172 Å². The molecule has 0 saturated heterocycles. The van der Waals surface area contributed by atoms with E-state index in [1.54, 1.807) is 0 Å². The van der Waals surface area contributed by atoms with Crippen molar-refractivity contribution in [3.8, 4) is 22.3 Å². The van der Waals surface area contributed by atoms with Gasteiger partial charge in [0.05, 0.1) is 0 Å². The fourth-order valence-corrected chi connectivity index (χ4v) is 10.6. The minimum Gasteiger partial charge on any atom is -0.456 e. The van der Waals surface area contributed by atoms with Gasteiger partial charge in [0.15, 0.2) is 0 Å². The molecule has 1 aromatic heterocycles. The van der Waals surface area contributed by atoms with Gasteiger partial charge in [-0.25, -0.2) is 0 Å². The monoisotopic (exact) mass is 700 g/mol. The van der Waals surface area contributed by atoms with Gasteiger partial charge in [0.1, 0.15) is 129 Å². The highest BCUT2D eigenvalue weighted by molar-refractivity contribution is 6.75. The molecule has 56 heavy (non-hydrogen) atoms. The third kappa shape index (κ3) is 4.77. The summed E-state index contributed by atoms with van der Waals surface area (Å²) < 4.78 is 6.77. The summed E-state index contributed by atoms with van der Waals surface area (Å²) in [6.45, 7) is 0. The second-order valence-corrected chi connectivity index (χ2v) is 17.2. The van der Waals surface area contributed by atoms with Crippen molar-refractivity contribution in [2.24, 2.45) is 0 Å². The summed E-state index contributed by atoms with van der Waals surface area (Å²) in [6.07, 6.45) is 0. The van der Waals surface area contributed by atoms with E-state index in [1.807, 2.05) is 0 Å². The third-order valence-electron chi connectivity index (χ3n) is 15.1. The zero-order chi connectivity index (χ0) is 40.0. The van der Waals surface area contributed by atoms with E-state index in [1.165, 1.54) is 158 Å². The summed E-state index contributed by atoms with van der Waals surface area (Å²) in [7, 11) is 35.3. The van der Waals surface area contributed by atoms with Crippen LogP contribution in [0.15, 0.2) is 59.0 Å². The van der Waals surface area contributed by atoms with Crippen LogP contribution in [0.5, 0.6) is 0 Å². The topological polar surface area (TPSA) is 13.1 Å². The van der Waals surface area contributed by atoms with Gasteiger partial charge >= 0.3 is 0 Å². The fourth-order valence-electron chi connectivity index (χ4n) is 10.6. The SMILES string of the molecule is Bc1c(B)c(B)c2c(-c3c4c(B)c(B)c(B)c(B)c4c(-c4cccc5oc6cc7ccccc7cc6c45)c4c(B)c(B)c(B)c(B)c34)c(B)c(B)c(B)c2c1B. The lowest BCUT2D eigenvalue weighted by molar-refractivity contribution is 0.669. The van der Waals surface area contributed by atoms with E-state index in [4.69, 9.17) is 4.42 Å². The molecule has 16 heteroatoms. The Morgan fingerprint density at radius 2 is 0.679 bits per heavy atom. The van der Waals surface area contributed by atoms with Gasteiger partial charge in [0.2, 0.25) is 0 Å². The van der Waals surface area contributed by atoms with Crippen LogP contribution in [-0.2, 0) is 0 Å². The van der Waals surface area contributed by atoms with Gasteiger partial charge in [-0.1, -0.05) is 80.1 Å². The Morgan fingerprint density at radius 3 is 1.16 bits per heavy atom. The van der Waals surface area contributed by atoms with Crippen molar-refractivity contribution >= 4 is 265 Å². The summed E-state index contributed by atoms with van der Waals surface area (Å²) in [5, 5.41) is 13.1. The lowest BCUT2D eigenvalue weighted by Crippen LogP contribution is -2.53. The largest absolute Gasteiger partial charge is 0.456 e. The van der Waals surface area contributed by atoms with Gasteiger partial charge in [-0.2, -0.15) is 0 Å². The summed E-state index contributed by atoms with van der Waals surface area (Å²) in [5.74, 6) is 0. The first-order chi connectivity index (χ1) is 26.6. The molecular formula is C40H39B15O. The van der Waals surface area contributed by atoms with Gasteiger partial charge in [-0.05, 0) is 83.5 Å². The molecule has 0 aliphatic heterocycles. The van der Waals surface area contributed by atoms with Crippen LogP contribution in [0.25, 0.3) is 87.3 Å². The molecule has 250 valence electrons. The number of benzene rings is 8. The molecule has 0 aliphatic rings. The van der Waals surface area contributed by atoms with Crippen LogP contribution in [0, 0.1) is 0 Å². The van der Waals surface area contributed by atoms with Crippen LogP contribution in [0.3, 0.4) is 0 Å². The maximum absolute atomic E-state index is 6.77. The molecule has 9 rings (SSSR count). The number of furan rings is 1. The molecule has 0 atom stereocenters. The molecule has 0 saturated carbocycles. The molecule has 0 unspecified atom stereocenters. The molecule has 0 amide bonds. The van der Waals surface area contributed by atoms with Crippen molar-refractivity contribution in [3.05, 3.63) is 54.6 Å². The minimum atomic E-state index is 0.933. The lowest BCUT2D eigenvalue weighted by atomic mass is 9.56. The Labute approximate surface area is 344 Å². The molecule has 8 aromatic carbocycles. The van der Waals surface area contributed by atoms with Crippen LogP contribution < -0.4 is 81.9 Å². The first-order valence-corrected chi connectivity index (χ1v) is 20.4. The first-order valence-electron chi connectivity index (χ1n) is 20.4. The molecule has 1 nitrogen and oxygen atoms in total. The van der Waals surface area contributed by atoms with Gasteiger partial charge in [0, 0.05) is 10.8 Å². The predicted octanol–water partition coefficient (Wildman–Crippen LogP) is -14.6. The summed E-state index contributed by atoms with van der Waals surface area (Å²) in [6, 6.07) is 19.9. The van der Waals surface area contributed by atoms with Crippen molar-refractivity contribution in [2.75, 3.05) is 0 Å². The van der Waals surface area contributed by atoms with Crippen molar-refractivity contribution in [3.63, 3.8) is 0 Å². The standard InChI is InChI=1S/C40H39B15O/c41-26-19-17(12-6-3-7-14-16(12)13-8-10-4-1-2-5-11(10)9-15(13)56-14)20-22(30(45)38(53)36(51)27(20)42)18(21(19)29(44)37(52)35(26)50)23-24-25(32(47)34(49)28(23)43)33(48)40(55)39(54)31(24)46/h1-9H,41-55H2. The Morgan fingerprint density at radius 1 is 0.286 bits per heavy atom. The molecule has 0 bridgehead atoms. The number of hydrogen-bond acceptors (Lipinski definition) is 1. The zero-order valence-corrected chi connectivity index (χ0v) is 36.1.